The van der Waals surface area contributed by atoms with Gasteiger partial charge in [0.05, 0.1) is 5.52 Å². The Kier molecular flexibility index (Phi) is 3.49. The van der Waals surface area contributed by atoms with Crippen LogP contribution in [-0.4, -0.2) is 35.6 Å². The second kappa shape index (κ2) is 5.29. The number of anilines is 2. The highest BCUT2D eigenvalue weighted by molar-refractivity contribution is 5.92. The highest BCUT2D eigenvalue weighted by Crippen LogP contribution is 2.27. The Balaban J connectivity index is 1.73. The molecule has 1 atom stereocenters. The first-order valence-corrected chi connectivity index (χ1v) is 7.25. The van der Waals surface area contributed by atoms with Gasteiger partial charge in [0.15, 0.2) is 0 Å². The smallest absolute Gasteiger partial charge is 0.0743 e. The van der Waals surface area contributed by atoms with E-state index in [2.05, 4.69) is 29.2 Å². The van der Waals surface area contributed by atoms with E-state index < -0.39 is 0 Å². The molecule has 2 aromatic rings. The molecule has 4 nitrogen and oxygen atoms in total. The number of fused-ring (bicyclic) bond motifs is 1. The van der Waals surface area contributed by atoms with Gasteiger partial charge in [-0.1, -0.05) is 0 Å². The molecule has 3 N–H and O–H groups in total. The van der Waals surface area contributed by atoms with E-state index in [4.69, 9.17) is 5.73 Å². The Hall–Kier alpha value is -1.81. The summed E-state index contributed by atoms with van der Waals surface area (Å²) in [5, 5.41) is 4.68. The van der Waals surface area contributed by atoms with Crippen LogP contribution in [0.25, 0.3) is 10.9 Å². The lowest BCUT2D eigenvalue weighted by Gasteiger charge is -2.25. The fourth-order valence-corrected chi connectivity index (χ4v) is 2.56. The maximum absolute atomic E-state index is 5.81. The molecular formula is C16H22N4. The van der Waals surface area contributed by atoms with Gasteiger partial charge in [-0.3, -0.25) is 9.88 Å². The molecule has 1 aromatic heterocycles. The summed E-state index contributed by atoms with van der Waals surface area (Å²) < 4.78 is 0. The van der Waals surface area contributed by atoms with Crippen LogP contribution >= 0.6 is 0 Å². The number of nitrogens with one attached hydrogen (secondary N) is 1. The number of hydrogen-bond donors (Lipinski definition) is 2. The fourth-order valence-electron chi connectivity index (χ4n) is 2.56. The predicted octanol–water partition coefficient (Wildman–Crippen LogP) is 2.71. The number of nitrogens with zero attached hydrogens (tertiary/aromatic N) is 2. The first-order valence-electron chi connectivity index (χ1n) is 7.25. The topological polar surface area (TPSA) is 54.2 Å². The first kappa shape index (κ1) is 13.2. The van der Waals surface area contributed by atoms with Gasteiger partial charge in [-0.05, 0) is 51.1 Å². The normalized spacial score (nSPS) is 16.6. The fraction of sp³-hybridized carbons (Fsp3) is 0.438. The Morgan fingerprint density at radius 3 is 2.95 bits per heavy atom. The molecule has 0 amide bonds. The van der Waals surface area contributed by atoms with Gasteiger partial charge in [0, 0.05) is 41.6 Å². The van der Waals surface area contributed by atoms with E-state index in [0.29, 0.717) is 6.04 Å². The number of rotatable bonds is 5. The van der Waals surface area contributed by atoms with Crippen LogP contribution in [0, 0.1) is 0 Å². The van der Waals surface area contributed by atoms with Gasteiger partial charge < -0.3 is 11.1 Å². The van der Waals surface area contributed by atoms with Crippen molar-refractivity contribution in [3.8, 4) is 0 Å². The van der Waals surface area contributed by atoms with Gasteiger partial charge in [-0.15, -0.1) is 0 Å². The molecule has 0 bridgehead atoms. The highest BCUT2D eigenvalue weighted by Gasteiger charge is 2.28. The molecule has 0 spiro atoms. The van der Waals surface area contributed by atoms with Gasteiger partial charge >= 0.3 is 0 Å². The second-order valence-corrected chi connectivity index (χ2v) is 5.76. The summed E-state index contributed by atoms with van der Waals surface area (Å²) in [6.45, 7) is 3.21. The van der Waals surface area contributed by atoms with E-state index in [1.807, 2.05) is 30.5 Å². The summed E-state index contributed by atoms with van der Waals surface area (Å²) in [5.41, 5.74) is 8.64. The molecule has 106 valence electrons. The van der Waals surface area contributed by atoms with Gasteiger partial charge in [-0.2, -0.15) is 0 Å². The van der Waals surface area contributed by atoms with E-state index >= 15 is 0 Å². The van der Waals surface area contributed by atoms with Gasteiger partial charge in [0.1, 0.15) is 0 Å². The number of aromatic nitrogens is 1. The summed E-state index contributed by atoms with van der Waals surface area (Å²) >= 11 is 0. The summed E-state index contributed by atoms with van der Waals surface area (Å²) in [7, 11) is 2.22. The largest absolute Gasteiger partial charge is 0.399 e. The van der Waals surface area contributed by atoms with E-state index in [1.54, 1.807) is 0 Å². The van der Waals surface area contributed by atoms with Crippen LogP contribution < -0.4 is 11.1 Å². The minimum atomic E-state index is 0.527. The monoisotopic (exact) mass is 270 g/mol. The maximum Gasteiger partial charge on any atom is 0.0743 e. The first-order chi connectivity index (χ1) is 9.65. The van der Waals surface area contributed by atoms with Gasteiger partial charge in [0.25, 0.3) is 0 Å². The number of hydrogen-bond acceptors (Lipinski definition) is 4. The molecule has 1 heterocycles. The molecule has 1 unspecified atom stereocenters. The molecular weight excluding hydrogens is 248 g/mol. The Morgan fingerprint density at radius 2 is 2.20 bits per heavy atom. The number of benzene rings is 1. The van der Waals surface area contributed by atoms with E-state index in [1.165, 1.54) is 12.8 Å². The van der Waals surface area contributed by atoms with Crippen molar-refractivity contribution in [2.24, 2.45) is 0 Å². The standard InChI is InChI=1S/C16H22N4/c1-11(20(2)13-4-5-13)10-19-15-7-8-18-16-9-12(17)3-6-14(15)16/h3,6-9,11,13H,4-5,10,17H2,1-2H3,(H,18,19). The minimum absolute atomic E-state index is 0.527. The lowest BCUT2D eigenvalue weighted by Crippen LogP contribution is -2.36. The van der Waals surface area contributed by atoms with Crippen LogP contribution in [0.5, 0.6) is 0 Å². The molecule has 0 aliphatic heterocycles. The van der Waals surface area contributed by atoms with Crippen molar-refractivity contribution < 1.29 is 0 Å². The molecule has 0 radical (unpaired) electrons. The third kappa shape index (κ3) is 2.70. The van der Waals surface area contributed by atoms with Crippen LogP contribution in [0.15, 0.2) is 30.5 Å². The quantitative estimate of drug-likeness (QED) is 0.820. The number of likely N-dealkylation sites (N-methyl/N-ethyl adjacent to an activating group) is 1. The molecule has 1 aliphatic carbocycles. The van der Waals surface area contributed by atoms with E-state index in [9.17, 15) is 0 Å². The zero-order valence-corrected chi connectivity index (χ0v) is 12.1. The Labute approximate surface area is 120 Å². The van der Waals surface area contributed by atoms with Crippen molar-refractivity contribution in [3.05, 3.63) is 30.5 Å². The van der Waals surface area contributed by atoms with Gasteiger partial charge in [0.2, 0.25) is 0 Å². The molecule has 0 saturated heterocycles. The van der Waals surface area contributed by atoms with Crippen molar-refractivity contribution in [3.63, 3.8) is 0 Å². The van der Waals surface area contributed by atoms with Crippen molar-refractivity contribution in [2.45, 2.75) is 31.8 Å². The Bertz CT molecular complexity index is 606. The SMILES string of the molecule is CC(CNc1ccnc2cc(N)ccc12)N(C)C1CC1. The second-order valence-electron chi connectivity index (χ2n) is 5.76. The number of nitrogens with two attached hydrogens (primary N) is 1. The van der Waals surface area contributed by atoms with Crippen LogP contribution in [-0.2, 0) is 0 Å². The average molecular weight is 270 g/mol. The van der Waals surface area contributed by atoms with Crippen LogP contribution in [0.4, 0.5) is 11.4 Å². The van der Waals surface area contributed by atoms with Crippen molar-refractivity contribution in [2.75, 3.05) is 24.6 Å². The molecule has 1 aromatic carbocycles. The third-order valence-corrected chi connectivity index (χ3v) is 4.17. The van der Waals surface area contributed by atoms with Crippen molar-refractivity contribution in [1.82, 2.24) is 9.88 Å². The number of pyridine rings is 1. The van der Waals surface area contributed by atoms with E-state index in [0.717, 1.165) is 34.9 Å². The van der Waals surface area contributed by atoms with Crippen molar-refractivity contribution >= 4 is 22.3 Å². The molecule has 1 fully saturated rings. The molecule has 4 heteroatoms. The lowest BCUT2D eigenvalue weighted by atomic mass is 10.1. The maximum atomic E-state index is 5.81. The minimum Gasteiger partial charge on any atom is -0.399 e. The summed E-state index contributed by atoms with van der Waals surface area (Å²) in [6.07, 6.45) is 4.52. The van der Waals surface area contributed by atoms with Gasteiger partial charge in [-0.25, -0.2) is 0 Å². The zero-order chi connectivity index (χ0) is 14.1. The predicted molar refractivity (Wildman–Crippen MR) is 84.9 cm³/mol. The average Bonchev–Trinajstić information content (AvgIpc) is 3.28. The summed E-state index contributed by atoms with van der Waals surface area (Å²) in [6, 6.07) is 9.23. The van der Waals surface area contributed by atoms with Crippen LogP contribution in [0.3, 0.4) is 0 Å². The summed E-state index contributed by atoms with van der Waals surface area (Å²) in [4.78, 5) is 6.84. The third-order valence-electron chi connectivity index (χ3n) is 4.17. The summed E-state index contributed by atoms with van der Waals surface area (Å²) in [5.74, 6) is 0. The number of nitrogen functional groups attached to an aromatic ring is 1. The molecule has 20 heavy (non-hydrogen) atoms. The van der Waals surface area contributed by atoms with Crippen LogP contribution in [0.1, 0.15) is 19.8 Å². The lowest BCUT2D eigenvalue weighted by molar-refractivity contribution is 0.257. The Morgan fingerprint density at radius 1 is 1.40 bits per heavy atom. The molecule has 1 aliphatic rings. The molecule has 1 saturated carbocycles. The zero-order valence-electron chi connectivity index (χ0n) is 12.1. The van der Waals surface area contributed by atoms with E-state index in [-0.39, 0.29) is 0 Å². The highest BCUT2D eigenvalue weighted by atomic mass is 15.2. The molecule has 3 rings (SSSR count). The van der Waals surface area contributed by atoms with Crippen molar-refractivity contribution in [1.29, 1.82) is 0 Å². The van der Waals surface area contributed by atoms with Crippen LogP contribution in [0.2, 0.25) is 0 Å².